The van der Waals surface area contributed by atoms with Crippen molar-refractivity contribution in [3.05, 3.63) is 0 Å². The number of ether oxygens (including phenoxy) is 2. The lowest BCUT2D eigenvalue weighted by Crippen LogP contribution is -2.31. The van der Waals surface area contributed by atoms with Crippen LogP contribution in [0.3, 0.4) is 0 Å². The summed E-state index contributed by atoms with van der Waals surface area (Å²) in [6.07, 6.45) is -0.216. The third kappa shape index (κ3) is 8.03. The molecule has 0 heterocycles. The first-order chi connectivity index (χ1) is 4.85. The van der Waals surface area contributed by atoms with Crippen LogP contribution >= 0.6 is 12.4 Å². The molecule has 0 amide bonds. The summed E-state index contributed by atoms with van der Waals surface area (Å²) in [5.41, 5.74) is 0. The summed E-state index contributed by atoms with van der Waals surface area (Å²) in [5.74, 6) is 0. The summed E-state index contributed by atoms with van der Waals surface area (Å²) in [6.45, 7) is 1.32. The van der Waals surface area contributed by atoms with Gasteiger partial charge in [-0.25, -0.2) is 0 Å². The number of methoxy groups -OCH3 is 2. The monoisotopic (exact) mass is 185 g/mol. The molecule has 0 aliphatic carbocycles. The van der Waals surface area contributed by atoms with Crippen molar-refractivity contribution in [2.75, 3.05) is 33.9 Å². The van der Waals surface area contributed by atoms with Crippen LogP contribution in [0.1, 0.15) is 0 Å². The first kappa shape index (κ1) is 13.7. The van der Waals surface area contributed by atoms with Gasteiger partial charge in [0.05, 0.1) is 6.61 Å². The SMILES string of the molecule is COC(CNCCO)OC.Cl. The van der Waals surface area contributed by atoms with E-state index in [9.17, 15) is 0 Å². The number of rotatable bonds is 6. The first-order valence-electron chi connectivity index (χ1n) is 3.22. The fraction of sp³-hybridized carbons (Fsp3) is 1.00. The Balaban J connectivity index is 0. The van der Waals surface area contributed by atoms with Gasteiger partial charge in [-0.1, -0.05) is 0 Å². The highest BCUT2D eigenvalue weighted by Crippen LogP contribution is 1.86. The highest BCUT2D eigenvalue weighted by atomic mass is 35.5. The van der Waals surface area contributed by atoms with Gasteiger partial charge in [0, 0.05) is 27.3 Å². The molecule has 0 saturated heterocycles. The lowest BCUT2D eigenvalue weighted by molar-refractivity contribution is -0.0988. The molecule has 4 nitrogen and oxygen atoms in total. The summed E-state index contributed by atoms with van der Waals surface area (Å²) >= 11 is 0. The van der Waals surface area contributed by atoms with Crippen molar-refractivity contribution in [3.63, 3.8) is 0 Å². The van der Waals surface area contributed by atoms with E-state index < -0.39 is 0 Å². The van der Waals surface area contributed by atoms with Gasteiger partial charge >= 0.3 is 0 Å². The summed E-state index contributed by atoms with van der Waals surface area (Å²) in [4.78, 5) is 0. The quantitative estimate of drug-likeness (QED) is 0.437. The van der Waals surface area contributed by atoms with E-state index in [1.807, 2.05) is 0 Å². The molecule has 0 aromatic heterocycles. The van der Waals surface area contributed by atoms with Gasteiger partial charge in [-0.3, -0.25) is 0 Å². The Morgan fingerprint density at radius 1 is 1.36 bits per heavy atom. The van der Waals surface area contributed by atoms with E-state index in [1.54, 1.807) is 14.2 Å². The number of nitrogens with one attached hydrogen (secondary N) is 1. The zero-order valence-corrected chi connectivity index (χ0v) is 7.69. The predicted molar refractivity (Wildman–Crippen MR) is 45.0 cm³/mol. The summed E-state index contributed by atoms with van der Waals surface area (Å²) in [5, 5.41) is 11.3. The average molecular weight is 186 g/mol. The molecule has 0 aliphatic rings. The maximum absolute atomic E-state index is 8.38. The molecule has 0 unspecified atom stereocenters. The number of aliphatic hydroxyl groups is 1. The van der Waals surface area contributed by atoms with Crippen molar-refractivity contribution in [2.45, 2.75) is 6.29 Å². The highest BCUT2D eigenvalue weighted by molar-refractivity contribution is 5.85. The zero-order valence-electron chi connectivity index (χ0n) is 6.87. The molecule has 0 aromatic carbocycles. The lowest BCUT2D eigenvalue weighted by atomic mass is 10.5. The molecule has 70 valence electrons. The highest BCUT2D eigenvalue weighted by Gasteiger charge is 2.01. The molecular weight excluding hydrogens is 170 g/mol. The minimum absolute atomic E-state index is 0. The molecule has 0 aromatic rings. The van der Waals surface area contributed by atoms with Gasteiger partial charge in [0.1, 0.15) is 0 Å². The zero-order chi connectivity index (χ0) is 7.82. The molecule has 0 rings (SSSR count). The second-order valence-electron chi connectivity index (χ2n) is 1.83. The molecule has 11 heavy (non-hydrogen) atoms. The minimum atomic E-state index is -0.216. The number of hydrogen-bond acceptors (Lipinski definition) is 4. The fourth-order valence-corrected chi connectivity index (χ4v) is 0.562. The number of aliphatic hydroxyl groups excluding tert-OH is 1. The molecule has 2 N–H and O–H groups in total. The molecule has 5 heteroatoms. The van der Waals surface area contributed by atoms with Crippen molar-refractivity contribution >= 4 is 12.4 Å². The Morgan fingerprint density at radius 2 is 1.91 bits per heavy atom. The van der Waals surface area contributed by atoms with Gasteiger partial charge in [-0.05, 0) is 0 Å². The van der Waals surface area contributed by atoms with Crippen molar-refractivity contribution in [2.24, 2.45) is 0 Å². The summed E-state index contributed by atoms with van der Waals surface area (Å²) < 4.78 is 9.76. The van der Waals surface area contributed by atoms with Crippen LogP contribution in [0, 0.1) is 0 Å². The van der Waals surface area contributed by atoms with Crippen LogP contribution in [0.4, 0.5) is 0 Å². The summed E-state index contributed by atoms with van der Waals surface area (Å²) in [6, 6.07) is 0. The predicted octanol–water partition coefficient (Wildman–Crippen LogP) is -0.391. The topological polar surface area (TPSA) is 50.7 Å². The lowest BCUT2D eigenvalue weighted by Gasteiger charge is -2.12. The molecular formula is C6H16ClNO3. The smallest absolute Gasteiger partial charge is 0.169 e. The van der Waals surface area contributed by atoms with Crippen LogP contribution in [-0.2, 0) is 9.47 Å². The van der Waals surface area contributed by atoms with E-state index >= 15 is 0 Å². The Hall–Kier alpha value is 0.130. The fourth-order valence-electron chi connectivity index (χ4n) is 0.562. The standard InChI is InChI=1S/C6H15NO3.ClH/c1-9-6(10-2)5-7-3-4-8;/h6-8H,3-5H2,1-2H3;1H. The third-order valence-corrected chi connectivity index (χ3v) is 1.13. The van der Waals surface area contributed by atoms with Gasteiger partial charge < -0.3 is 19.9 Å². The van der Waals surface area contributed by atoms with E-state index in [4.69, 9.17) is 14.6 Å². The maximum atomic E-state index is 8.38. The van der Waals surface area contributed by atoms with Crippen LogP contribution in [0.15, 0.2) is 0 Å². The molecule has 0 radical (unpaired) electrons. The second kappa shape index (κ2) is 10.1. The van der Waals surface area contributed by atoms with E-state index in [2.05, 4.69) is 5.32 Å². The van der Waals surface area contributed by atoms with Crippen LogP contribution in [0.2, 0.25) is 0 Å². The Labute approximate surface area is 73.3 Å². The molecule has 0 saturated carbocycles. The maximum Gasteiger partial charge on any atom is 0.169 e. The molecule has 0 spiro atoms. The minimum Gasteiger partial charge on any atom is -0.395 e. The van der Waals surface area contributed by atoms with Crippen molar-refractivity contribution in [3.8, 4) is 0 Å². The largest absolute Gasteiger partial charge is 0.395 e. The van der Waals surface area contributed by atoms with Gasteiger partial charge in [0.15, 0.2) is 6.29 Å². The first-order valence-corrected chi connectivity index (χ1v) is 3.22. The van der Waals surface area contributed by atoms with Crippen LogP contribution in [0.25, 0.3) is 0 Å². The van der Waals surface area contributed by atoms with Gasteiger partial charge in [-0.15, -0.1) is 12.4 Å². The molecule has 0 aliphatic heterocycles. The second-order valence-corrected chi connectivity index (χ2v) is 1.83. The molecule has 0 fully saturated rings. The Kier molecular flexibility index (Phi) is 12.6. The van der Waals surface area contributed by atoms with Crippen molar-refractivity contribution < 1.29 is 14.6 Å². The van der Waals surface area contributed by atoms with E-state index in [0.717, 1.165) is 0 Å². The number of hydrogen-bond donors (Lipinski definition) is 2. The van der Waals surface area contributed by atoms with Crippen molar-refractivity contribution in [1.29, 1.82) is 0 Å². The van der Waals surface area contributed by atoms with E-state index in [0.29, 0.717) is 13.1 Å². The van der Waals surface area contributed by atoms with Crippen LogP contribution in [-0.4, -0.2) is 45.3 Å². The normalized spacial score (nSPS) is 9.82. The molecule has 0 bridgehead atoms. The third-order valence-electron chi connectivity index (χ3n) is 1.13. The van der Waals surface area contributed by atoms with E-state index in [-0.39, 0.29) is 25.3 Å². The Bertz CT molecular complexity index is 70.8. The van der Waals surface area contributed by atoms with Gasteiger partial charge in [0.25, 0.3) is 0 Å². The van der Waals surface area contributed by atoms with Gasteiger partial charge in [-0.2, -0.15) is 0 Å². The van der Waals surface area contributed by atoms with E-state index in [1.165, 1.54) is 0 Å². The Morgan fingerprint density at radius 3 is 2.27 bits per heavy atom. The van der Waals surface area contributed by atoms with Crippen molar-refractivity contribution in [1.82, 2.24) is 5.32 Å². The van der Waals surface area contributed by atoms with Gasteiger partial charge in [0.2, 0.25) is 0 Å². The molecule has 0 atom stereocenters. The number of halogens is 1. The summed E-state index contributed by atoms with van der Waals surface area (Å²) in [7, 11) is 3.16. The average Bonchev–Trinajstić information content (AvgIpc) is 1.99. The van der Waals surface area contributed by atoms with Crippen LogP contribution in [0.5, 0.6) is 0 Å². The van der Waals surface area contributed by atoms with Crippen LogP contribution < -0.4 is 5.32 Å².